The molecule has 3 nitrogen and oxygen atoms in total. The Labute approximate surface area is 129 Å². The molecule has 0 saturated heterocycles. The number of hydrogen-bond acceptors (Lipinski definition) is 2. The van der Waals surface area contributed by atoms with Crippen LogP contribution >= 0.6 is 0 Å². The van der Waals surface area contributed by atoms with Crippen molar-refractivity contribution in [3.8, 4) is 0 Å². The molecule has 108 valence electrons. The maximum Gasteiger partial charge on any atom is 0.259 e. The van der Waals surface area contributed by atoms with Gasteiger partial charge in [-0.3, -0.25) is 4.79 Å². The normalized spacial score (nSPS) is 13.1. The number of benzene rings is 3. The Kier molecular flexibility index (Phi) is 2.94. The zero-order valence-electron chi connectivity index (χ0n) is 12.1. The highest BCUT2D eigenvalue weighted by atomic mass is 16.2. The number of rotatable bonds is 3. The molecular formula is C19H16N2O. The summed E-state index contributed by atoms with van der Waals surface area (Å²) < 4.78 is 0. The molecular weight excluding hydrogens is 272 g/mol. The van der Waals surface area contributed by atoms with Gasteiger partial charge in [-0.2, -0.15) is 0 Å². The van der Waals surface area contributed by atoms with E-state index in [-0.39, 0.29) is 5.91 Å². The molecule has 3 heteroatoms. The Morgan fingerprint density at radius 1 is 0.864 bits per heavy atom. The van der Waals surface area contributed by atoms with Gasteiger partial charge in [-0.15, -0.1) is 0 Å². The van der Waals surface area contributed by atoms with Crippen molar-refractivity contribution in [1.82, 2.24) is 0 Å². The van der Waals surface area contributed by atoms with E-state index in [1.165, 1.54) is 0 Å². The second-order valence-corrected chi connectivity index (χ2v) is 5.59. The summed E-state index contributed by atoms with van der Waals surface area (Å²) in [5.41, 5.74) is 9.63. The van der Waals surface area contributed by atoms with Gasteiger partial charge in [-0.1, -0.05) is 48.5 Å². The van der Waals surface area contributed by atoms with Crippen LogP contribution in [-0.4, -0.2) is 5.91 Å². The molecule has 3 aromatic rings. The highest BCUT2D eigenvalue weighted by Crippen LogP contribution is 2.37. The lowest BCUT2D eigenvalue weighted by Crippen LogP contribution is -2.26. The van der Waals surface area contributed by atoms with E-state index < -0.39 is 0 Å². The molecule has 0 unspecified atom stereocenters. The first-order valence-corrected chi connectivity index (χ1v) is 7.39. The topological polar surface area (TPSA) is 46.3 Å². The van der Waals surface area contributed by atoms with Gasteiger partial charge in [0.25, 0.3) is 5.91 Å². The standard InChI is InChI=1S/C19H16N2O/c20-11-13-7-9-14(10-8-13)12-21-17-6-2-4-15-3-1-5-16(18(15)17)19(21)22/h1-10H,11-12,20H2. The largest absolute Gasteiger partial charge is 0.326 e. The second-order valence-electron chi connectivity index (χ2n) is 5.59. The van der Waals surface area contributed by atoms with Gasteiger partial charge in [0.15, 0.2) is 0 Å². The van der Waals surface area contributed by atoms with Crippen LogP contribution in [0.5, 0.6) is 0 Å². The molecule has 0 radical (unpaired) electrons. The molecule has 3 aromatic carbocycles. The summed E-state index contributed by atoms with van der Waals surface area (Å²) in [5.74, 6) is 0.0784. The summed E-state index contributed by atoms with van der Waals surface area (Å²) >= 11 is 0. The Bertz CT molecular complexity index is 863. The quantitative estimate of drug-likeness (QED) is 0.802. The molecule has 0 aromatic heterocycles. The van der Waals surface area contributed by atoms with Crippen LogP contribution in [0.25, 0.3) is 10.8 Å². The number of hydrogen-bond donors (Lipinski definition) is 1. The van der Waals surface area contributed by atoms with Gasteiger partial charge >= 0.3 is 0 Å². The number of nitrogens with two attached hydrogens (primary N) is 1. The molecule has 0 atom stereocenters. The minimum absolute atomic E-state index is 0.0784. The molecule has 1 aliphatic heterocycles. The average Bonchev–Trinajstić information content (AvgIpc) is 2.84. The van der Waals surface area contributed by atoms with E-state index in [9.17, 15) is 4.79 Å². The molecule has 0 aliphatic carbocycles. The van der Waals surface area contributed by atoms with Gasteiger partial charge in [-0.05, 0) is 28.6 Å². The number of nitrogens with zero attached hydrogens (tertiary/aromatic N) is 1. The Hall–Kier alpha value is -2.65. The van der Waals surface area contributed by atoms with Crippen LogP contribution in [0.3, 0.4) is 0 Å². The van der Waals surface area contributed by atoms with E-state index in [4.69, 9.17) is 5.73 Å². The second kappa shape index (κ2) is 4.97. The van der Waals surface area contributed by atoms with Crippen molar-refractivity contribution in [2.45, 2.75) is 13.1 Å². The zero-order chi connectivity index (χ0) is 15.1. The summed E-state index contributed by atoms with van der Waals surface area (Å²) in [6, 6.07) is 20.1. The fourth-order valence-corrected chi connectivity index (χ4v) is 3.10. The molecule has 22 heavy (non-hydrogen) atoms. The van der Waals surface area contributed by atoms with Crippen LogP contribution in [-0.2, 0) is 13.1 Å². The maximum atomic E-state index is 12.7. The average molecular weight is 288 g/mol. The minimum atomic E-state index is 0.0784. The number of carbonyl (C=O) groups excluding carboxylic acids is 1. The fraction of sp³-hybridized carbons (Fsp3) is 0.105. The van der Waals surface area contributed by atoms with E-state index in [2.05, 4.69) is 12.1 Å². The van der Waals surface area contributed by atoms with Crippen LogP contribution in [0, 0.1) is 0 Å². The third-order valence-corrected chi connectivity index (χ3v) is 4.25. The Morgan fingerprint density at radius 2 is 1.55 bits per heavy atom. The van der Waals surface area contributed by atoms with E-state index in [1.807, 2.05) is 53.4 Å². The van der Waals surface area contributed by atoms with Crippen LogP contribution in [0.15, 0.2) is 60.7 Å². The van der Waals surface area contributed by atoms with Crippen molar-refractivity contribution < 1.29 is 4.79 Å². The van der Waals surface area contributed by atoms with Crippen molar-refractivity contribution in [1.29, 1.82) is 0 Å². The summed E-state index contributed by atoms with van der Waals surface area (Å²) in [6.07, 6.45) is 0. The van der Waals surface area contributed by atoms with Gasteiger partial charge in [0.1, 0.15) is 0 Å². The minimum Gasteiger partial charge on any atom is -0.326 e. The third-order valence-electron chi connectivity index (χ3n) is 4.25. The van der Waals surface area contributed by atoms with E-state index in [0.29, 0.717) is 13.1 Å². The lowest BCUT2D eigenvalue weighted by Gasteiger charge is -2.18. The van der Waals surface area contributed by atoms with Gasteiger partial charge in [0.2, 0.25) is 0 Å². The predicted octanol–water partition coefficient (Wildman–Crippen LogP) is 3.46. The third kappa shape index (κ3) is 1.90. The molecule has 4 rings (SSSR count). The monoisotopic (exact) mass is 288 g/mol. The first kappa shape index (κ1) is 13.0. The highest BCUT2D eigenvalue weighted by Gasteiger charge is 2.29. The fourth-order valence-electron chi connectivity index (χ4n) is 3.10. The van der Waals surface area contributed by atoms with Gasteiger partial charge in [0.05, 0.1) is 12.2 Å². The van der Waals surface area contributed by atoms with Crippen LogP contribution < -0.4 is 10.6 Å². The smallest absolute Gasteiger partial charge is 0.259 e. The lowest BCUT2D eigenvalue weighted by molar-refractivity contribution is 0.0991. The number of carbonyl (C=O) groups is 1. The van der Waals surface area contributed by atoms with Gasteiger partial charge < -0.3 is 10.6 Å². The number of anilines is 1. The first-order chi connectivity index (χ1) is 10.8. The van der Waals surface area contributed by atoms with Gasteiger partial charge in [0, 0.05) is 17.5 Å². The lowest BCUT2D eigenvalue weighted by atomic mass is 10.1. The van der Waals surface area contributed by atoms with Crippen molar-refractivity contribution in [2.75, 3.05) is 4.90 Å². The van der Waals surface area contributed by atoms with E-state index in [1.54, 1.807) is 0 Å². The summed E-state index contributed by atoms with van der Waals surface area (Å²) in [5, 5.41) is 2.18. The van der Waals surface area contributed by atoms with E-state index >= 15 is 0 Å². The zero-order valence-corrected chi connectivity index (χ0v) is 12.1. The molecule has 1 aliphatic rings. The van der Waals surface area contributed by atoms with Crippen molar-refractivity contribution in [3.63, 3.8) is 0 Å². The highest BCUT2D eigenvalue weighted by molar-refractivity contribution is 6.24. The molecule has 2 N–H and O–H groups in total. The molecule has 0 fully saturated rings. The maximum absolute atomic E-state index is 12.7. The summed E-state index contributed by atoms with van der Waals surface area (Å²) in [6.45, 7) is 1.12. The van der Waals surface area contributed by atoms with Crippen LogP contribution in [0.1, 0.15) is 21.5 Å². The summed E-state index contributed by atoms with van der Waals surface area (Å²) in [4.78, 5) is 14.6. The van der Waals surface area contributed by atoms with Crippen molar-refractivity contribution in [2.24, 2.45) is 5.73 Å². The first-order valence-electron chi connectivity index (χ1n) is 7.39. The van der Waals surface area contributed by atoms with Crippen LogP contribution in [0.4, 0.5) is 5.69 Å². The SMILES string of the molecule is NCc1ccc(CN2C(=O)c3cccc4cccc2c34)cc1. The molecule has 1 heterocycles. The predicted molar refractivity (Wildman–Crippen MR) is 88.8 cm³/mol. The molecule has 1 amide bonds. The van der Waals surface area contributed by atoms with E-state index in [0.717, 1.165) is 33.2 Å². The number of amides is 1. The van der Waals surface area contributed by atoms with Gasteiger partial charge in [-0.25, -0.2) is 0 Å². The Balaban J connectivity index is 1.75. The van der Waals surface area contributed by atoms with Crippen LogP contribution in [0.2, 0.25) is 0 Å². The van der Waals surface area contributed by atoms with Crippen molar-refractivity contribution >= 4 is 22.4 Å². The Morgan fingerprint density at radius 3 is 2.27 bits per heavy atom. The molecule has 0 saturated carbocycles. The molecule has 0 spiro atoms. The summed E-state index contributed by atoms with van der Waals surface area (Å²) in [7, 11) is 0. The van der Waals surface area contributed by atoms with Crippen molar-refractivity contribution in [3.05, 3.63) is 77.4 Å². The molecule has 0 bridgehead atoms.